The summed E-state index contributed by atoms with van der Waals surface area (Å²) >= 11 is 0. The molecule has 1 aliphatic heterocycles. The molecule has 3 N–H and O–H groups in total. The van der Waals surface area contributed by atoms with Crippen molar-refractivity contribution in [1.29, 1.82) is 0 Å². The Balaban J connectivity index is 1.41. The summed E-state index contributed by atoms with van der Waals surface area (Å²) in [6.45, 7) is 3.87. The van der Waals surface area contributed by atoms with E-state index in [0.29, 0.717) is 0 Å². The summed E-state index contributed by atoms with van der Waals surface area (Å²) in [5, 5.41) is 19.8. The second-order valence-electron chi connectivity index (χ2n) is 7.74. The Kier molecular flexibility index (Phi) is 5.93. The topological polar surface area (TPSA) is 134 Å². The predicted octanol–water partition coefficient (Wildman–Crippen LogP) is 1.61. The fraction of sp³-hybridized carbons (Fsp3) is 0.273. The average molecular weight is 433 g/mol. The average Bonchev–Trinajstić information content (AvgIpc) is 3.25. The Bertz CT molecular complexity index is 1230. The van der Waals surface area contributed by atoms with Gasteiger partial charge in [0.1, 0.15) is 11.8 Å². The van der Waals surface area contributed by atoms with Gasteiger partial charge in [-0.2, -0.15) is 5.10 Å². The van der Waals surface area contributed by atoms with Gasteiger partial charge in [0.2, 0.25) is 5.91 Å². The Morgan fingerprint density at radius 1 is 1.22 bits per heavy atom. The number of nitrogens with zero attached hydrogens (tertiary/aromatic N) is 5. The summed E-state index contributed by atoms with van der Waals surface area (Å²) < 4.78 is 1.69. The van der Waals surface area contributed by atoms with Crippen molar-refractivity contribution >= 4 is 28.6 Å². The van der Waals surface area contributed by atoms with Crippen LogP contribution in [0.15, 0.2) is 59.8 Å². The number of nitrogens with one attached hydrogen (secondary N) is 2. The fourth-order valence-corrected chi connectivity index (χ4v) is 3.27. The lowest BCUT2D eigenvalue weighted by molar-refractivity contribution is -0.122. The molecule has 2 amide bonds. The molecule has 0 saturated heterocycles. The summed E-state index contributed by atoms with van der Waals surface area (Å²) in [6.07, 6.45) is 8.07. The molecule has 0 bridgehead atoms. The number of carbonyl (C=O) groups excluding carboxylic acids is 2. The van der Waals surface area contributed by atoms with Crippen LogP contribution in [0.3, 0.4) is 0 Å². The molecule has 10 heteroatoms. The van der Waals surface area contributed by atoms with Crippen molar-refractivity contribution in [2.45, 2.75) is 38.9 Å². The highest BCUT2D eigenvalue weighted by Gasteiger charge is 2.26. The summed E-state index contributed by atoms with van der Waals surface area (Å²) in [5.41, 5.74) is 3.20. The van der Waals surface area contributed by atoms with Crippen LogP contribution in [0.5, 0.6) is 0 Å². The molecule has 0 aliphatic carbocycles. The van der Waals surface area contributed by atoms with Crippen molar-refractivity contribution in [1.82, 2.24) is 30.4 Å². The number of aliphatic hydroxyl groups is 1. The molecule has 4 rings (SSSR count). The highest BCUT2D eigenvalue weighted by Crippen LogP contribution is 2.16. The summed E-state index contributed by atoms with van der Waals surface area (Å²) in [7, 11) is 0. The molecule has 1 atom stereocenters. The maximum absolute atomic E-state index is 12.6. The van der Waals surface area contributed by atoms with Gasteiger partial charge < -0.3 is 15.7 Å². The second-order valence-corrected chi connectivity index (χ2v) is 7.74. The molecule has 1 unspecified atom stereocenters. The van der Waals surface area contributed by atoms with Crippen molar-refractivity contribution in [2.24, 2.45) is 4.99 Å². The number of fused-ring (bicyclic) bond motifs is 1. The largest absolute Gasteiger partial charge is 0.512 e. The number of dihydropyridines is 1. The SMILES string of the molecule is CC(C)NC(=O)C1=NC(C(=O)NCc2cnn(-c3ccc4nccnc4c3)c2)CC(O)=C1. The molecule has 3 heterocycles. The number of amides is 2. The molecule has 2 aromatic heterocycles. The van der Waals surface area contributed by atoms with Gasteiger partial charge in [-0.15, -0.1) is 0 Å². The van der Waals surface area contributed by atoms with Gasteiger partial charge in [0.15, 0.2) is 0 Å². The Morgan fingerprint density at radius 2 is 2.00 bits per heavy atom. The lowest BCUT2D eigenvalue weighted by Gasteiger charge is -2.18. The van der Waals surface area contributed by atoms with E-state index in [0.717, 1.165) is 22.3 Å². The first kappa shape index (κ1) is 21.2. The van der Waals surface area contributed by atoms with Crippen LogP contribution in [0.25, 0.3) is 16.7 Å². The van der Waals surface area contributed by atoms with E-state index in [1.165, 1.54) is 6.08 Å². The molecule has 0 fully saturated rings. The number of benzene rings is 1. The van der Waals surface area contributed by atoms with E-state index < -0.39 is 11.9 Å². The maximum atomic E-state index is 12.6. The molecule has 0 spiro atoms. The molecule has 1 aromatic carbocycles. The second kappa shape index (κ2) is 8.96. The van der Waals surface area contributed by atoms with E-state index >= 15 is 0 Å². The summed E-state index contributed by atoms with van der Waals surface area (Å²) in [6, 6.07) is 4.69. The van der Waals surface area contributed by atoms with Gasteiger partial charge >= 0.3 is 0 Å². The molecule has 164 valence electrons. The van der Waals surface area contributed by atoms with Crippen molar-refractivity contribution in [3.63, 3.8) is 0 Å². The maximum Gasteiger partial charge on any atom is 0.269 e. The van der Waals surface area contributed by atoms with Crippen molar-refractivity contribution < 1.29 is 14.7 Å². The molecular weight excluding hydrogens is 410 g/mol. The van der Waals surface area contributed by atoms with Crippen molar-refractivity contribution in [3.8, 4) is 5.69 Å². The van der Waals surface area contributed by atoms with E-state index in [4.69, 9.17) is 0 Å². The van der Waals surface area contributed by atoms with Crippen LogP contribution in [0, 0.1) is 0 Å². The zero-order valence-corrected chi connectivity index (χ0v) is 17.7. The quantitative estimate of drug-likeness (QED) is 0.541. The van der Waals surface area contributed by atoms with Crippen LogP contribution in [0.2, 0.25) is 0 Å². The predicted molar refractivity (Wildman–Crippen MR) is 118 cm³/mol. The van der Waals surface area contributed by atoms with Crippen LogP contribution in [0.4, 0.5) is 0 Å². The highest BCUT2D eigenvalue weighted by molar-refractivity contribution is 6.43. The van der Waals surface area contributed by atoms with E-state index in [9.17, 15) is 14.7 Å². The Labute approximate surface area is 184 Å². The van der Waals surface area contributed by atoms with Crippen LogP contribution >= 0.6 is 0 Å². The minimum Gasteiger partial charge on any atom is -0.512 e. The first-order chi connectivity index (χ1) is 15.4. The zero-order valence-electron chi connectivity index (χ0n) is 17.7. The number of carbonyl (C=O) groups is 2. The molecule has 0 radical (unpaired) electrons. The number of aliphatic imine (C=N–C) groups is 1. The third-order valence-electron chi connectivity index (χ3n) is 4.78. The van der Waals surface area contributed by atoms with Crippen molar-refractivity contribution in [3.05, 3.63) is 60.4 Å². The number of hydrogen-bond donors (Lipinski definition) is 3. The van der Waals surface area contributed by atoms with E-state index in [2.05, 4.69) is 30.7 Å². The van der Waals surface area contributed by atoms with Crippen molar-refractivity contribution in [2.75, 3.05) is 0 Å². The van der Waals surface area contributed by atoms with E-state index in [-0.39, 0.29) is 36.4 Å². The Morgan fingerprint density at radius 3 is 2.78 bits per heavy atom. The van der Waals surface area contributed by atoms with Crippen LogP contribution in [-0.2, 0) is 16.1 Å². The van der Waals surface area contributed by atoms with Gasteiger partial charge in [-0.1, -0.05) is 0 Å². The fourth-order valence-electron chi connectivity index (χ4n) is 3.27. The molecule has 1 aliphatic rings. The van der Waals surface area contributed by atoms with Gasteiger partial charge in [-0.05, 0) is 32.0 Å². The van der Waals surface area contributed by atoms with Gasteiger partial charge in [0.25, 0.3) is 5.91 Å². The third kappa shape index (κ3) is 4.80. The minimum atomic E-state index is -0.873. The molecule has 3 aromatic rings. The lowest BCUT2D eigenvalue weighted by atomic mass is 10.1. The minimum absolute atomic E-state index is 0.0369. The van der Waals surface area contributed by atoms with Crippen LogP contribution < -0.4 is 10.6 Å². The molecule has 0 saturated carbocycles. The summed E-state index contributed by atoms with van der Waals surface area (Å²) in [5.74, 6) is -0.861. The van der Waals surface area contributed by atoms with Crippen LogP contribution in [0.1, 0.15) is 25.8 Å². The number of aromatic nitrogens is 4. The first-order valence-electron chi connectivity index (χ1n) is 10.2. The van der Waals surface area contributed by atoms with E-state index in [1.54, 1.807) is 29.5 Å². The number of rotatable bonds is 6. The van der Waals surface area contributed by atoms with Gasteiger partial charge in [-0.3, -0.25) is 24.5 Å². The standard InChI is InChI=1S/C22H23N7O3/c1-13(2)27-22(32)20-9-16(30)8-19(28-20)21(31)25-10-14-11-26-29(12-14)15-3-4-17-18(7-15)24-6-5-23-17/h3-7,9,11-13,19,30H,8,10H2,1-2H3,(H,25,31)(H,27,32). The number of aliphatic hydroxyl groups excluding tert-OH is 1. The number of hydrogen-bond acceptors (Lipinski definition) is 7. The van der Waals surface area contributed by atoms with Crippen LogP contribution in [-0.4, -0.2) is 54.5 Å². The lowest BCUT2D eigenvalue weighted by Crippen LogP contribution is -2.40. The zero-order chi connectivity index (χ0) is 22.7. The van der Waals surface area contributed by atoms with Gasteiger partial charge in [0.05, 0.1) is 28.7 Å². The normalized spacial score (nSPS) is 15.9. The smallest absolute Gasteiger partial charge is 0.269 e. The van der Waals surface area contributed by atoms with Gasteiger partial charge in [0, 0.05) is 49.2 Å². The molecule has 10 nitrogen and oxygen atoms in total. The third-order valence-corrected chi connectivity index (χ3v) is 4.78. The van der Waals surface area contributed by atoms with E-state index in [1.807, 2.05) is 32.0 Å². The summed E-state index contributed by atoms with van der Waals surface area (Å²) in [4.78, 5) is 37.5. The monoisotopic (exact) mass is 433 g/mol. The molecule has 32 heavy (non-hydrogen) atoms. The van der Waals surface area contributed by atoms with Gasteiger partial charge in [-0.25, -0.2) is 4.68 Å². The first-order valence-corrected chi connectivity index (χ1v) is 10.2. The molecular formula is C22H23N7O3. The highest BCUT2D eigenvalue weighted by atomic mass is 16.3. The Hall–Kier alpha value is -4.08.